The molecule has 0 aliphatic carbocycles. The lowest BCUT2D eigenvalue weighted by Gasteiger charge is -2.24. The van der Waals surface area contributed by atoms with Gasteiger partial charge >= 0.3 is 0 Å². The average Bonchev–Trinajstić information content (AvgIpc) is 3.41. The van der Waals surface area contributed by atoms with Crippen molar-refractivity contribution in [2.24, 2.45) is 0 Å². The van der Waals surface area contributed by atoms with E-state index in [1.807, 2.05) is 0 Å². The van der Waals surface area contributed by atoms with E-state index in [2.05, 4.69) is 150 Å². The number of hydrogen-bond donors (Lipinski definition) is 0. The Morgan fingerprint density at radius 3 is 2.08 bits per heavy atom. The molecular weight excluding hydrogens is 460 g/mol. The molecule has 190 valence electrons. The molecule has 0 amide bonds. The number of benzene rings is 4. The summed E-state index contributed by atoms with van der Waals surface area (Å²) >= 11 is 0. The standard InChI is InChI=1S/C36H37N2/c1-35(2)31(37(5)28-22-20-24-14-10-12-16-26(24)32(28)35)19-9-7-8-18-30-34-36(3,4)33-27-17-13-11-15-25(27)21-23-29(33)38(30,34)6/h7-23,30,34H,1-6H3/q+1. The van der Waals surface area contributed by atoms with Gasteiger partial charge in [-0.05, 0) is 65.2 Å². The lowest BCUT2D eigenvalue weighted by atomic mass is 9.78. The van der Waals surface area contributed by atoms with Crippen molar-refractivity contribution >= 4 is 32.9 Å². The van der Waals surface area contributed by atoms with Gasteiger partial charge in [0.05, 0.1) is 12.5 Å². The number of allylic oxidation sites excluding steroid dienone is 5. The Kier molecular flexibility index (Phi) is 4.77. The molecule has 3 atom stereocenters. The van der Waals surface area contributed by atoms with Gasteiger partial charge in [0.2, 0.25) is 0 Å². The van der Waals surface area contributed by atoms with Gasteiger partial charge in [-0.3, -0.25) is 4.48 Å². The normalized spacial score (nSPS) is 27.5. The molecule has 4 aromatic rings. The molecule has 2 heteroatoms. The van der Waals surface area contributed by atoms with Gasteiger partial charge in [0.1, 0.15) is 5.69 Å². The van der Waals surface area contributed by atoms with Crippen LogP contribution in [-0.2, 0) is 10.8 Å². The maximum atomic E-state index is 2.44. The second-order valence-electron chi connectivity index (χ2n) is 12.7. The fourth-order valence-electron chi connectivity index (χ4n) is 8.24. The Hall–Kier alpha value is -3.62. The first kappa shape index (κ1) is 23.5. The van der Waals surface area contributed by atoms with Gasteiger partial charge in [-0.2, -0.15) is 0 Å². The highest BCUT2D eigenvalue weighted by atomic mass is 15.6. The zero-order valence-electron chi connectivity index (χ0n) is 23.4. The summed E-state index contributed by atoms with van der Waals surface area (Å²) in [5, 5.41) is 5.45. The van der Waals surface area contributed by atoms with Gasteiger partial charge < -0.3 is 4.90 Å². The van der Waals surface area contributed by atoms with E-state index < -0.39 is 0 Å². The number of likely N-dealkylation sites (N-methyl/N-ethyl adjacent to an activating group) is 2. The van der Waals surface area contributed by atoms with Crippen LogP contribution in [0.4, 0.5) is 11.4 Å². The number of nitrogens with zero attached hydrogens (tertiary/aromatic N) is 2. The summed E-state index contributed by atoms with van der Waals surface area (Å²) in [6, 6.07) is 28.0. The molecule has 0 saturated carbocycles. The second-order valence-corrected chi connectivity index (χ2v) is 12.7. The van der Waals surface area contributed by atoms with Crippen molar-refractivity contribution in [3.8, 4) is 0 Å². The highest BCUT2D eigenvalue weighted by molar-refractivity contribution is 5.95. The summed E-state index contributed by atoms with van der Waals surface area (Å²) in [4.78, 5) is 2.36. The van der Waals surface area contributed by atoms with Crippen LogP contribution in [0.5, 0.6) is 0 Å². The zero-order chi connectivity index (χ0) is 26.4. The molecule has 0 radical (unpaired) electrons. The predicted octanol–water partition coefficient (Wildman–Crippen LogP) is 8.40. The molecule has 4 aromatic carbocycles. The van der Waals surface area contributed by atoms with E-state index in [4.69, 9.17) is 0 Å². The third-order valence-corrected chi connectivity index (χ3v) is 9.92. The van der Waals surface area contributed by atoms with Crippen LogP contribution < -0.4 is 9.38 Å². The smallest absolute Gasteiger partial charge is 0.167 e. The summed E-state index contributed by atoms with van der Waals surface area (Å²) in [5.74, 6) is 0. The van der Waals surface area contributed by atoms with Crippen LogP contribution in [-0.4, -0.2) is 26.2 Å². The van der Waals surface area contributed by atoms with Crippen LogP contribution in [0.25, 0.3) is 21.5 Å². The largest absolute Gasteiger partial charge is 0.347 e. The summed E-state index contributed by atoms with van der Waals surface area (Å²) < 4.78 is 1.02. The molecule has 38 heavy (non-hydrogen) atoms. The number of quaternary nitrogens is 1. The number of fused-ring (bicyclic) bond motifs is 8. The van der Waals surface area contributed by atoms with Crippen molar-refractivity contribution in [1.82, 2.24) is 4.48 Å². The minimum Gasteiger partial charge on any atom is -0.347 e. The number of hydrogen-bond acceptors (Lipinski definition) is 1. The van der Waals surface area contributed by atoms with Crippen molar-refractivity contribution in [3.63, 3.8) is 0 Å². The molecule has 0 spiro atoms. The minimum absolute atomic E-state index is 0.0482. The monoisotopic (exact) mass is 497 g/mol. The highest BCUT2D eigenvalue weighted by Crippen LogP contribution is 2.63. The average molecular weight is 498 g/mol. The van der Waals surface area contributed by atoms with Crippen LogP contribution in [0.15, 0.2) is 109 Å². The third kappa shape index (κ3) is 2.93. The maximum absolute atomic E-state index is 2.44. The van der Waals surface area contributed by atoms with Crippen molar-refractivity contribution in [2.75, 3.05) is 19.0 Å². The molecule has 7 rings (SSSR count). The minimum atomic E-state index is -0.0482. The van der Waals surface area contributed by atoms with Crippen LogP contribution in [0.2, 0.25) is 0 Å². The van der Waals surface area contributed by atoms with Crippen molar-refractivity contribution in [1.29, 1.82) is 0 Å². The first-order valence-electron chi connectivity index (χ1n) is 13.9. The lowest BCUT2D eigenvalue weighted by Crippen LogP contribution is -2.25. The Bertz CT molecular complexity index is 1720. The quantitative estimate of drug-likeness (QED) is 0.156. The van der Waals surface area contributed by atoms with E-state index in [1.165, 1.54) is 44.2 Å². The molecule has 0 aromatic heterocycles. The van der Waals surface area contributed by atoms with Crippen molar-refractivity contribution in [3.05, 3.63) is 120 Å². The lowest BCUT2D eigenvalue weighted by molar-refractivity contribution is 0.484. The van der Waals surface area contributed by atoms with Crippen LogP contribution >= 0.6 is 0 Å². The first-order valence-corrected chi connectivity index (χ1v) is 13.9. The van der Waals surface area contributed by atoms with E-state index in [9.17, 15) is 0 Å². The van der Waals surface area contributed by atoms with Crippen molar-refractivity contribution < 1.29 is 0 Å². The molecule has 1 fully saturated rings. The Labute approximate surface area is 226 Å². The third-order valence-electron chi connectivity index (χ3n) is 9.92. The van der Waals surface area contributed by atoms with Gasteiger partial charge in [-0.1, -0.05) is 86.7 Å². The summed E-state index contributed by atoms with van der Waals surface area (Å²) in [7, 11) is 4.62. The second kappa shape index (κ2) is 7.71. The van der Waals surface area contributed by atoms with Crippen LogP contribution in [0.1, 0.15) is 38.8 Å². The van der Waals surface area contributed by atoms with E-state index in [1.54, 1.807) is 5.56 Å². The predicted molar refractivity (Wildman–Crippen MR) is 164 cm³/mol. The Balaban J connectivity index is 1.16. The molecule has 0 bridgehead atoms. The van der Waals surface area contributed by atoms with Gasteiger partial charge in [0, 0.05) is 35.5 Å². The first-order chi connectivity index (χ1) is 18.2. The fourth-order valence-corrected chi connectivity index (χ4v) is 8.24. The SMILES string of the molecule is CN1C(=CC=CC=CC2C3C(C)(C)c4c(ccc5ccccc45)[N+]23C)C(C)(C)c2c1ccc1ccccc21. The molecule has 3 aliphatic heterocycles. The molecule has 3 aliphatic rings. The van der Waals surface area contributed by atoms with Gasteiger partial charge in [0.15, 0.2) is 12.1 Å². The van der Waals surface area contributed by atoms with Crippen LogP contribution in [0.3, 0.4) is 0 Å². The Morgan fingerprint density at radius 2 is 1.37 bits per heavy atom. The summed E-state index contributed by atoms with van der Waals surface area (Å²) in [5.41, 5.74) is 7.22. The topological polar surface area (TPSA) is 3.24 Å². The summed E-state index contributed by atoms with van der Waals surface area (Å²) in [6.45, 7) is 9.59. The molecule has 0 N–H and O–H groups in total. The van der Waals surface area contributed by atoms with E-state index in [0.717, 1.165) is 4.48 Å². The maximum Gasteiger partial charge on any atom is 0.167 e. The molecule has 3 unspecified atom stereocenters. The van der Waals surface area contributed by atoms with E-state index in [-0.39, 0.29) is 10.8 Å². The zero-order valence-corrected chi connectivity index (χ0v) is 23.4. The molecular formula is C36H37N2+. The van der Waals surface area contributed by atoms with Crippen molar-refractivity contribution in [2.45, 2.75) is 50.6 Å². The van der Waals surface area contributed by atoms with Crippen LogP contribution in [0, 0.1) is 0 Å². The molecule has 3 heterocycles. The number of rotatable bonds is 3. The van der Waals surface area contributed by atoms with Gasteiger partial charge in [0.25, 0.3) is 0 Å². The number of anilines is 1. The highest BCUT2D eigenvalue weighted by Gasteiger charge is 2.75. The Morgan fingerprint density at radius 1 is 0.737 bits per heavy atom. The van der Waals surface area contributed by atoms with Gasteiger partial charge in [-0.25, -0.2) is 0 Å². The molecule has 1 saturated heterocycles. The summed E-state index contributed by atoms with van der Waals surface area (Å²) in [6.07, 6.45) is 11.4. The van der Waals surface area contributed by atoms with E-state index in [0.29, 0.717) is 12.1 Å². The fraction of sp³-hybridized carbons (Fsp3) is 0.278. The van der Waals surface area contributed by atoms with E-state index >= 15 is 0 Å². The van der Waals surface area contributed by atoms with Gasteiger partial charge in [-0.15, -0.1) is 0 Å². The molecule has 2 nitrogen and oxygen atoms in total.